The summed E-state index contributed by atoms with van der Waals surface area (Å²) in [5.74, 6) is 0.843. The third-order valence-electron chi connectivity index (χ3n) is 5.60. The van der Waals surface area contributed by atoms with Crippen molar-refractivity contribution in [1.29, 1.82) is 0 Å². The molecule has 1 aromatic heterocycles. The third kappa shape index (κ3) is 4.76. The van der Waals surface area contributed by atoms with E-state index in [1.165, 1.54) is 29.4 Å². The molecule has 2 atom stereocenters. The number of carbonyl (C=O) groups excluding carboxylic acids is 1. The minimum Gasteiger partial charge on any atom is -0.497 e. The molecule has 0 aliphatic carbocycles. The number of aromatic nitrogens is 2. The first kappa shape index (κ1) is 20.9. The minimum atomic E-state index is -0.499. The SMILES string of the molecule is COc1ccc(C2C(CNC(=O)Cn3ccc(=O)n(C)c3=O)CCCN2C)cc1. The highest BCUT2D eigenvalue weighted by molar-refractivity contribution is 5.75. The van der Waals surface area contributed by atoms with Gasteiger partial charge in [0, 0.05) is 31.9 Å². The van der Waals surface area contributed by atoms with Crippen LogP contribution in [-0.4, -0.2) is 47.2 Å². The standard InChI is InChI=1S/C21H28N4O4/c1-23-11-4-5-16(20(23)15-6-8-17(29-3)9-7-15)13-22-18(26)14-25-12-10-19(27)24(2)21(25)28/h6-10,12,16,20H,4-5,11,13-14H2,1-3H3,(H,22,26). The van der Waals surface area contributed by atoms with Gasteiger partial charge in [-0.3, -0.25) is 23.6 Å². The molecular formula is C21H28N4O4. The number of piperidine rings is 1. The molecule has 1 N–H and O–H groups in total. The van der Waals surface area contributed by atoms with Gasteiger partial charge in [0.25, 0.3) is 5.56 Å². The van der Waals surface area contributed by atoms with Gasteiger partial charge < -0.3 is 10.1 Å². The number of nitrogens with one attached hydrogen (secondary N) is 1. The number of amides is 1. The lowest BCUT2D eigenvalue weighted by atomic mass is 9.85. The van der Waals surface area contributed by atoms with Crippen LogP contribution >= 0.6 is 0 Å². The second-order valence-corrected chi connectivity index (χ2v) is 7.53. The lowest BCUT2D eigenvalue weighted by molar-refractivity contribution is -0.122. The highest BCUT2D eigenvalue weighted by Gasteiger charge is 2.30. The van der Waals surface area contributed by atoms with Crippen LogP contribution in [0.15, 0.2) is 46.1 Å². The van der Waals surface area contributed by atoms with Crippen molar-refractivity contribution < 1.29 is 9.53 Å². The number of ether oxygens (including phenoxy) is 1. The fourth-order valence-corrected chi connectivity index (χ4v) is 3.99. The van der Waals surface area contributed by atoms with E-state index in [0.717, 1.165) is 29.7 Å². The van der Waals surface area contributed by atoms with Crippen LogP contribution in [0.4, 0.5) is 0 Å². The Bertz CT molecular complexity index is 964. The van der Waals surface area contributed by atoms with Gasteiger partial charge in [-0.15, -0.1) is 0 Å². The highest BCUT2D eigenvalue weighted by atomic mass is 16.5. The largest absolute Gasteiger partial charge is 0.497 e. The number of likely N-dealkylation sites (tertiary alicyclic amines) is 1. The van der Waals surface area contributed by atoms with Crippen molar-refractivity contribution >= 4 is 5.91 Å². The first-order valence-electron chi connectivity index (χ1n) is 9.78. The van der Waals surface area contributed by atoms with Gasteiger partial charge in [0.2, 0.25) is 5.91 Å². The normalized spacial score (nSPS) is 19.7. The van der Waals surface area contributed by atoms with E-state index in [4.69, 9.17) is 4.74 Å². The molecule has 1 aromatic carbocycles. The first-order chi connectivity index (χ1) is 13.9. The zero-order valence-electron chi connectivity index (χ0n) is 17.1. The van der Waals surface area contributed by atoms with Gasteiger partial charge >= 0.3 is 5.69 Å². The second-order valence-electron chi connectivity index (χ2n) is 7.53. The van der Waals surface area contributed by atoms with E-state index < -0.39 is 5.69 Å². The number of hydrogen-bond donors (Lipinski definition) is 1. The molecule has 0 spiro atoms. The van der Waals surface area contributed by atoms with E-state index in [2.05, 4.69) is 29.4 Å². The zero-order valence-corrected chi connectivity index (χ0v) is 17.1. The quantitative estimate of drug-likeness (QED) is 0.774. The summed E-state index contributed by atoms with van der Waals surface area (Å²) in [4.78, 5) is 38.3. The Morgan fingerprint density at radius 2 is 1.90 bits per heavy atom. The lowest BCUT2D eigenvalue weighted by Gasteiger charge is -2.39. The predicted octanol–water partition coefficient (Wildman–Crippen LogP) is 0.755. The summed E-state index contributed by atoms with van der Waals surface area (Å²) in [5.41, 5.74) is 0.307. The van der Waals surface area contributed by atoms with Gasteiger partial charge in [-0.2, -0.15) is 0 Å². The van der Waals surface area contributed by atoms with Crippen molar-refractivity contribution in [3.63, 3.8) is 0 Å². The molecule has 1 saturated heterocycles. The van der Waals surface area contributed by atoms with Crippen molar-refractivity contribution in [3.05, 3.63) is 62.9 Å². The van der Waals surface area contributed by atoms with Crippen molar-refractivity contribution in [1.82, 2.24) is 19.4 Å². The molecule has 2 heterocycles. The van der Waals surface area contributed by atoms with Crippen LogP contribution in [0.25, 0.3) is 0 Å². The maximum atomic E-state index is 12.4. The van der Waals surface area contributed by atoms with Gasteiger partial charge in [-0.1, -0.05) is 12.1 Å². The van der Waals surface area contributed by atoms with Gasteiger partial charge in [0.15, 0.2) is 0 Å². The van der Waals surface area contributed by atoms with E-state index in [9.17, 15) is 14.4 Å². The molecular weight excluding hydrogens is 372 g/mol. The van der Waals surface area contributed by atoms with E-state index in [1.54, 1.807) is 7.11 Å². The number of methoxy groups -OCH3 is 1. The van der Waals surface area contributed by atoms with Crippen LogP contribution in [0.2, 0.25) is 0 Å². The first-order valence-corrected chi connectivity index (χ1v) is 9.78. The molecule has 8 nitrogen and oxygen atoms in total. The van der Waals surface area contributed by atoms with E-state index in [1.807, 2.05) is 12.1 Å². The average molecular weight is 400 g/mol. The fraction of sp³-hybridized carbons (Fsp3) is 0.476. The van der Waals surface area contributed by atoms with Gasteiger partial charge in [-0.25, -0.2) is 4.79 Å². The summed E-state index contributed by atoms with van der Waals surface area (Å²) < 4.78 is 7.48. The molecule has 1 aliphatic rings. The van der Waals surface area contributed by atoms with Gasteiger partial charge in [0.1, 0.15) is 12.3 Å². The molecule has 29 heavy (non-hydrogen) atoms. The molecule has 2 unspecified atom stereocenters. The van der Waals surface area contributed by atoms with Crippen LogP contribution in [0, 0.1) is 5.92 Å². The molecule has 3 rings (SSSR count). The maximum absolute atomic E-state index is 12.4. The van der Waals surface area contributed by atoms with Crippen molar-refractivity contribution in [3.8, 4) is 5.75 Å². The molecule has 0 saturated carbocycles. The minimum absolute atomic E-state index is 0.108. The summed E-state index contributed by atoms with van der Waals surface area (Å²) in [7, 11) is 5.15. The predicted molar refractivity (Wildman–Crippen MR) is 110 cm³/mol. The van der Waals surface area contributed by atoms with Crippen molar-refractivity contribution in [2.45, 2.75) is 25.4 Å². The molecule has 0 bridgehead atoms. The number of nitrogens with zero attached hydrogens (tertiary/aromatic N) is 3. The van der Waals surface area contributed by atoms with Crippen LogP contribution in [0.1, 0.15) is 24.4 Å². The Morgan fingerprint density at radius 3 is 2.59 bits per heavy atom. The van der Waals surface area contributed by atoms with E-state index in [0.29, 0.717) is 6.54 Å². The third-order valence-corrected chi connectivity index (χ3v) is 5.60. The Balaban J connectivity index is 1.67. The topological polar surface area (TPSA) is 85.6 Å². The summed E-state index contributed by atoms with van der Waals surface area (Å²) >= 11 is 0. The molecule has 1 amide bonds. The molecule has 1 fully saturated rings. The number of rotatable bonds is 6. The van der Waals surface area contributed by atoms with Gasteiger partial charge in [-0.05, 0) is 50.0 Å². The van der Waals surface area contributed by atoms with E-state index in [-0.39, 0.29) is 30.0 Å². The second kappa shape index (κ2) is 9.09. The Labute approximate surface area is 169 Å². The molecule has 8 heteroatoms. The lowest BCUT2D eigenvalue weighted by Crippen LogP contribution is -2.44. The number of hydrogen-bond acceptors (Lipinski definition) is 5. The smallest absolute Gasteiger partial charge is 0.331 e. The summed E-state index contributed by atoms with van der Waals surface area (Å²) in [6.07, 6.45) is 3.45. The van der Waals surface area contributed by atoms with Gasteiger partial charge in [0.05, 0.1) is 7.11 Å². The Hall–Kier alpha value is -2.87. The summed E-state index contributed by atoms with van der Waals surface area (Å²) in [6, 6.07) is 9.55. The molecule has 156 valence electrons. The average Bonchev–Trinajstić information content (AvgIpc) is 2.73. The maximum Gasteiger partial charge on any atom is 0.331 e. The molecule has 1 aliphatic heterocycles. The summed E-state index contributed by atoms with van der Waals surface area (Å²) in [6.45, 7) is 1.43. The van der Waals surface area contributed by atoms with Crippen LogP contribution < -0.4 is 21.3 Å². The number of carbonyl (C=O) groups is 1. The van der Waals surface area contributed by atoms with Crippen LogP contribution in [-0.2, 0) is 18.4 Å². The molecule has 2 aromatic rings. The Kier molecular flexibility index (Phi) is 6.53. The van der Waals surface area contributed by atoms with Crippen molar-refractivity contribution in [2.24, 2.45) is 13.0 Å². The zero-order chi connectivity index (χ0) is 21.0. The fourth-order valence-electron chi connectivity index (χ4n) is 3.99. The molecule has 0 radical (unpaired) electrons. The van der Waals surface area contributed by atoms with Crippen LogP contribution in [0.5, 0.6) is 5.75 Å². The number of benzene rings is 1. The van der Waals surface area contributed by atoms with Crippen LogP contribution in [0.3, 0.4) is 0 Å². The summed E-state index contributed by atoms with van der Waals surface area (Å²) in [5, 5.41) is 2.97. The Morgan fingerprint density at radius 1 is 1.17 bits per heavy atom. The monoisotopic (exact) mass is 400 g/mol. The van der Waals surface area contributed by atoms with E-state index >= 15 is 0 Å². The van der Waals surface area contributed by atoms with Crippen molar-refractivity contribution in [2.75, 3.05) is 27.2 Å². The highest BCUT2D eigenvalue weighted by Crippen LogP contribution is 2.35.